The Labute approximate surface area is 95.1 Å². The molecule has 0 atom stereocenters. The first-order valence-electron chi connectivity index (χ1n) is 4.92. The first-order chi connectivity index (χ1) is 7.40. The molecular formula is C11H17N5. The van der Waals surface area contributed by atoms with Crippen molar-refractivity contribution in [2.75, 3.05) is 0 Å². The highest BCUT2D eigenvalue weighted by Crippen LogP contribution is 2.22. The third-order valence-corrected chi connectivity index (χ3v) is 2.29. The summed E-state index contributed by atoms with van der Waals surface area (Å²) in [6.07, 6.45) is 0. The third kappa shape index (κ3) is 2.98. The second-order valence-electron chi connectivity index (χ2n) is 3.73. The van der Waals surface area contributed by atoms with E-state index in [1.165, 1.54) is 5.56 Å². The summed E-state index contributed by atoms with van der Waals surface area (Å²) in [5.74, 6) is -0.0333. The summed E-state index contributed by atoms with van der Waals surface area (Å²) in [6, 6.07) is 4.01. The lowest BCUT2D eigenvalue weighted by molar-refractivity contribution is 1.27. The van der Waals surface area contributed by atoms with Crippen LogP contribution < -0.4 is 17.2 Å². The summed E-state index contributed by atoms with van der Waals surface area (Å²) >= 11 is 0. The number of hydrogen-bond acceptors (Lipinski definition) is 1. The van der Waals surface area contributed by atoms with Crippen molar-refractivity contribution >= 4 is 17.6 Å². The minimum Gasteiger partial charge on any atom is -0.370 e. The molecule has 6 N–H and O–H groups in total. The van der Waals surface area contributed by atoms with Gasteiger partial charge in [-0.1, -0.05) is 6.07 Å². The van der Waals surface area contributed by atoms with E-state index < -0.39 is 0 Å². The molecule has 0 spiro atoms. The molecule has 1 aromatic carbocycles. The van der Waals surface area contributed by atoms with Crippen LogP contribution in [0.3, 0.4) is 0 Å². The van der Waals surface area contributed by atoms with Gasteiger partial charge >= 0.3 is 0 Å². The van der Waals surface area contributed by atoms with Crippen LogP contribution in [0.2, 0.25) is 0 Å². The van der Waals surface area contributed by atoms with Crippen LogP contribution >= 0.6 is 0 Å². The monoisotopic (exact) mass is 219 g/mol. The van der Waals surface area contributed by atoms with Crippen molar-refractivity contribution in [1.29, 1.82) is 0 Å². The minimum absolute atomic E-state index is 0.0614. The summed E-state index contributed by atoms with van der Waals surface area (Å²) in [7, 11) is 0. The summed E-state index contributed by atoms with van der Waals surface area (Å²) in [4.78, 5) is 7.81. The number of nitrogens with zero attached hydrogens (tertiary/aromatic N) is 2. The van der Waals surface area contributed by atoms with Gasteiger partial charge in [-0.2, -0.15) is 4.99 Å². The SMILES string of the molecule is Cc1cc(C)c(N=C(N)N=C(N)N)cc1C. The van der Waals surface area contributed by atoms with Crippen molar-refractivity contribution in [3.63, 3.8) is 0 Å². The van der Waals surface area contributed by atoms with E-state index >= 15 is 0 Å². The molecule has 0 saturated heterocycles. The normalized spacial score (nSPS) is 11.3. The van der Waals surface area contributed by atoms with Crippen LogP contribution in [-0.2, 0) is 0 Å². The van der Waals surface area contributed by atoms with Gasteiger partial charge in [0, 0.05) is 0 Å². The van der Waals surface area contributed by atoms with Crippen molar-refractivity contribution in [3.05, 3.63) is 28.8 Å². The van der Waals surface area contributed by atoms with Crippen LogP contribution in [0.15, 0.2) is 22.1 Å². The molecule has 0 amide bonds. The van der Waals surface area contributed by atoms with Gasteiger partial charge in [0.05, 0.1) is 5.69 Å². The zero-order chi connectivity index (χ0) is 12.3. The molecule has 1 rings (SSSR count). The molecule has 0 fully saturated rings. The molecule has 0 radical (unpaired) electrons. The molecule has 0 saturated carbocycles. The Morgan fingerprint density at radius 3 is 2.06 bits per heavy atom. The molecule has 5 heteroatoms. The molecule has 0 aliphatic heterocycles. The third-order valence-electron chi connectivity index (χ3n) is 2.29. The predicted octanol–water partition coefficient (Wildman–Crippen LogP) is 0.831. The molecule has 5 nitrogen and oxygen atoms in total. The van der Waals surface area contributed by atoms with E-state index in [-0.39, 0.29) is 11.9 Å². The average Bonchev–Trinajstić information content (AvgIpc) is 2.12. The van der Waals surface area contributed by atoms with Crippen LogP contribution in [0.5, 0.6) is 0 Å². The lowest BCUT2D eigenvalue weighted by atomic mass is 10.1. The van der Waals surface area contributed by atoms with E-state index in [1.54, 1.807) is 0 Å². The average molecular weight is 219 g/mol. The molecule has 0 unspecified atom stereocenters. The van der Waals surface area contributed by atoms with Crippen LogP contribution in [0.4, 0.5) is 5.69 Å². The second kappa shape index (κ2) is 4.65. The minimum atomic E-state index is -0.0947. The van der Waals surface area contributed by atoms with Crippen molar-refractivity contribution in [2.24, 2.45) is 27.2 Å². The zero-order valence-electron chi connectivity index (χ0n) is 9.78. The zero-order valence-corrected chi connectivity index (χ0v) is 9.78. The summed E-state index contributed by atoms with van der Waals surface area (Å²) in [6.45, 7) is 6.04. The van der Waals surface area contributed by atoms with Gasteiger partial charge in [0.1, 0.15) is 0 Å². The van der Waals surface area contributed by atoms with Gasteiger partial charge < -0.3 is 17.2 Å². The van der Waals surface area contributed by atoms with Crippen LogP contribution in [0.25, 0.3) is 0 Å². The molecule has 0 heterocycles. The Balaban J connectivity index is 3.15. The number of aliphatic imine (C=N–C) groups is 2. The largest absolute Gasteiger partial charge is 0.370 e. The molecule has 86 valence electrons. The molecule has 0 aliphatic rings. The Bertz CT molecular complexity index is 456. The highest BCUT2D eigenvalue weighted by molar-refractivity contribution is 5.93. The number of benzene rings is 1. The molecule has 0 aliphatic carbocycles. The molecule has 1 aromatic rings. The van der Waals surface area contributed by atoms with E-state index in [1.807, 2.05) is 19.9 Å². The highest BCUT2D eigenvalue weighted by atomic mass is 15.1. The van der Waals surface area contributed by atoms with E-state index in [0.717, 1.165) is 16.8 Å². The van der Waals surface area contributed by atoms with Gasteiger partial charge in [-0.3, -0.25) is 0 Å². The quantitative estimate of drug-likeness (QED) is 0.481. The Hall–Kier alpha value is -2.04. The Morgan fingerprint density at radius 2 is 1.50 bits per heavy atom. The van der Waals surface area contributed by atoms with Crippen LogP contribution in [-0.4, -0.2) is 11.9 Å². The van der Waals surface area contributed by atoms with Crippen molar-refractivity contribution in [2.45, 2.75) is 20.8 Å². The van der Waals surface area contributed by atoms with Gasteiger partial charge in [-0.25, -0.2) is 4.99 Å². The Kier molecular flexibility index (Phi) is 3.50. The molecule has 0 bridgehead atoms. The fourth-order valence-corrected chi connectivity index (χ4v) is 1.35. The number of guanidine groups is 2. The molecule has 0 aromatic heterocycles. The maximum Gasteiger partial charge on any atom is 0.223 e. The van der Waals surface area contributed by atoms with Crippen LogP contribution in [0, 0.1) is 20.8 Å². The predicted molar refractivity (Wildman–Crippen MR) is 67.7 cm³/mol. The highest BCUT2D eigenvalue weighted by Gasteiger charge is 2.01. The van der Waals surface area contributed by atoms with E-state index in [0.29, 0.717) is 0 Å². The second-order valence-corrected chi connectivity index (χ2v) is 3.73. The number of nitrogens with two attached hydrogens (primary N) is 3. The lowest BCUT2D eigenvalue weighted by Crippen LogP contribution is -2.26. The van der Waals surface area contributed by atoms with Gasteiger partial charge in [0.2, 0.25) is 5.96 Å². The van der Waals surface area contributed by atoms with Crippen molar-refractivity contribution < 1.29 is 0 Å². The maximum absolute atomic E-state index is 5.57. The fourth-order valence-electron chi connectivity index (χ4n) is 1.35. The van der Waals surface area contributed by atoms with E-state index in [4.69, 9.17) is 17.2 Å². The van der Waals surface area contributed by atoms with Gasteiger partial charge in [0.25, 0.3) is 0 Å². The number of aryl methyl sites for hydroxylation is 3. The maximum atomic E-state index is 5.57. The number of rotatable bonds is 1. The standard InChI is InChI=1S/C11H17N5/c1-6-4-8(3)9(5-7(6)2)15-11(14)16-10(12)13/h4-5H,1-3H3,(H6,12,13,14,15,16). The van der Waals surface area contributed by atoms with E-state index in [2.05, 4.69) is 23.0 Å². The number of hydrogen-bond donors (Lipinski definition) is 3. The summed E-state index contributed by atoms with van der Waals surface area (Å²) in [5.41, 5.74) is 20.2. The molecular weight excluding hydrogens is 202 g/mol. The first kappa shape index (κ1) is 12.0. The fraction of sp³-hybridized carbons (Fsp3) is 0.273. The summed E-state index contributed by atoms with van der Waals surface area (Å²) in [5, 5.41) is 0. The molecule has 16 heavy (non-hydrogen) atoms. The van der Waals surface area contributed by atoms with Crippen LogP contribution in [0.1, 0.15) is 16.7 Å². The van der Waals surface area contributed by atoms with Gasteiger partial charge in [0.15, 0.2) is 5.96 Å². The lowest BCUT2D eigenvalue weighted by Gasteiger charge is -2.05. The summed E-state index contributed by atoms with van der Waals surface area (Å²) < 4.78 is 0. The van der Waals surface area contributed by atoms with Gasteiger partial charge in [-0.05, 0) is 43.5 Å². The smallest absolute Gasteiger partial charge is 0.223 e. The van der Waals surface area contributed by atoms with Crippen molar-refractivity contribution in [3.8, 4) is 0 Å². The van der Waals surface area contributed by atoms with E-state index in [9.17, 15) is 0 Å². The first-order valence-corrected chi connectivity index (χ1v) is 4.92. The Morgan fingerprint density at radius 1 is 0.938 bits per heavy atom. The van der Waals surface area contributed by atoms with Crippen molar-refractivity contribution in [1.82, 2.24) is 0 Å². The topological polar surface area (TPSA) is 103 Å². The van der Waals surface area contributed by atoms with Gasteiger partial charge in [-0.15, -0.1) is 0 Å².